The van der Waals surface area contributed by atoms with Crippen LogP contribution >= 0.6 is 0 Å². The number of ether oxygens (including phenoxy) is 1. The third-order valence-electron chi connectivity index (χ3n) is 4.11. The number of carbonyl (C=O) groups excluding carboxylic acids is 1. The van der Waals surface area contributed by atoms with Gasteiger partial charge in [0.2, 0.25) is 0 Å². The highest BCUT2D eigenvalue weighted by atomic mass is 16.5. The highest BCUT2D eigenvalue weighted by Gasteiger charge is 2.37. The number of hydrogen-bond acceptors (Lipinski definition) is 4. The van der Waals surface area contributed by atoms with Gasteiger partial charge in [0, 0.05) is 26.2 Å². The number of likely N-dealkylation sites (tertiary alicyclic amines) is 1. The van der Waals surface area contributed by atoms with Crippen molar-refractivity contribution in [2.45, 2.75) is 31.8 Å². The van der Waals surface area contributed by atoms with Gasteiger partial charge < -0.3 is 19.9 Å². The van der Waals surface area contributed by atoms with E-state index in [0.29, 0.717) is 13.2 Å². The van der Waals surface area contributed by atoms with Crippen LogP contribution in [0.25, 0.3) is 0 Å². The molecule has 0 aromatic heterocycles. The summed E-state index contributed by atoms with van der Waals surface area (Å²) in [5.74, 6) is 0.0241. The van der Waals surface area contributed by atoms with Gasteiger partial charge in [0.05, 0.1) is 6.61 Å². The van der Waals surface area contributed by atoms with Crippen LogP contribution in [0.15, 0.2) is 0 Å². The minimum absolute atomic E-state index is 0.0241. The predicted octanol–water partition coefficient (Wildman–Crippen LogP) is 0.309. The van der Waals surface area contributed by atoms with E-state index in [1.165, 1.54) is 32.4 Å². The minimum Gasteiger partial charge on any atom is -0.363 e. The minimum atomic E-state index is -0.686. The van der Waals surface area contributed by atoms with E-state index in [4.69, 9.17) is 4.74 Å². The maximum absolute atomic E-state index is 12.2. The largest absolute Gasteiger partial charge is 0.363 e. The number of nitrogens with one attached hydrogen (secondary N) is 1. The molecular formula is C14H27N3O2. The second-order valence-electron chi connectivity index (χ2n) is 5.98. The highest BCUT2D eigenvalue weighted by Crippen LogP contribution is 2.16. The highest BCUT2D eigenvalue weighted by molar-refractivity contribution is 5.85. The van der Waals surface area contributed by atoms with Gasteiger partial charge in [-0.2, -0.15) is 0 Å². The van der Waals surface area contributed by atoms with Gasteiger partial charge in [0.15, 0.2) is 5.60 Å². The summed E-state index contributed by atoms with van der Waals surface area (Å²) in [5.41, 5.74) is -0.686. The Morgan fingerprint density at radius 1 is 1.26 bits per heavy atom. The van der Waals surface area contributed by atoms with Crippen molar-refractivity contribution in [1.82, 2.24) is 15.1 Å². The lowest BCUT2D eigenvalue weighted by Crippen LogP contribution is -2.57. The molecule has 0 saturated carbocycles. The molecule has 0 aromatic carbocycles. The van der Waals surface area contributed by atoms with E-state index in [-0.39, 0.29) is 5.91 Å². The van der Waals surface area contributed by atoms with Gasteiger partial charge in [0.1, 0.15) is 0 Å². The zero-order valence-electron chi connectivity index (χ0n) is 12.3. The Bertz CT molecular complexity index is 305. The quantitative estimate of drug-likeness (QED) is 0.798. The van der Waals surface area contributed by atoms with Crippen LogP contribution in [0.4, 0.5) is 0 Å². The lowest BCUT2D eigenvalue weighted by Gasteiger charge is -2.37. The molecule has 2 heterocycles. The summed E-state index contributed by atoms with van der Waals surface area (Å²) >= 11 is 0. The molecule has 0 unspecified atom stereocenters. The second-order valence-corrected chi connectivity index (χ2v) is 5.98. The van der Waals surface area contributed by atoms with Crippen molar-refractivity contribution >= 4 is 5.91 Å². The normalized spacial score (nSPS) is 30.2. The van der Waals surface area contributed by atoms with Crippen molar-refractivity contribution in [3.8, 4) is 0 Å². The first kappa shape index (κ1) is 14.8. The molecule has 2 rings (SSSR count). The fraction of sp³-hybridized carbons (Fsp3) is 0.929. The molecule has 0 aliphatic carbocycles. The molecule has 2 aliphatic heterocycles. The number of carbonyl (C=O) groups is 1. The van der Waals surface area contributed by atoms with Crippen molar-refractivity contribution in [2.75, 3.05) is 52.9 Å². The van der Waals surface area contributed by atoms with Gasteiger partial charge in [-0.25, -0.2) is 0 Å². The Morgan fingerprint density at radius 3 is 2.68 bits per heavy atom. The van der Waals surface area contributed by atoms with Crippen molar-refractivity contribution in [3.05, 3.63) is 0 Å². The van der Waals surface area contributed by atoms with Crippen molar-refractivity contribution in [3.63, 3.8) is 0 Å². The smallest absolute Gasteiger partial charge is 0.253 e. The molecular weight excluding hydrogens is 242 g/mol. The topological polar surface area (TPSA) is 44.8 Å². The van der Waals surface area contributed by atoms with Gasteiger partial charge in [0.25, 0.3) is 5.91 Å². The lowest BCUT2D eigenvalue weighted by molar-refractivity contribution is -0.155. The number of amides is 1. The summed E-state index contributed by atoms with van der Waals surface area (Å²) in [6.45, 7) is 8.11. The Kier molecular flexibility index (Phi) is 5.19. The standard InChI is InChI=1S/C14H27N3O2/c1-14(12-16(2)10-11-19-14)13(18)15-6-9-17-7-4-3-5-8-17/h3-12H2,1-2H3,(H,15,18)/t14-/m1/s1. The first-order chi connectivity index (χ1) is 9.10. The summed E-state index contributed by atoms with van der Waals surface area (Å²) in [6, 6.07) is 0. The third-order valence-corrected chi connectivity index (χ3v) is 4.11. The number of likely N-dealkylation sites (N-methyl/N-ethyl adjacent to an activating group) is 1. The summed E-state index contributed by atoms with van der Waals surface area (Å²) < 4.78 is 5.67. The average molecular weight is 269 g/mol. The van der Waals surface area contributed by atoms with E-state index >= 15 is 0 Å². The molecule has 5 nitrogen and oxygen atoms in total. The third kappa shape index (κ3) is 4.16. The molecule has 19 heavy (non-hydrogen) atoms. The molecule has 0 aromatic rings. The van der Waals surface area contributed by atoms with E-state index in [0.717, 1.165) is 19.6 Å². The molecule has 0 radical (unpaired) electrons. The second kappa shape index (κ2) is 6.68. The summed E-state index contributed by atoms with van der Waals surface area (Å²) in [5, 5.41) is 3.03. The SMILES string of the molecule is CN1CCO[C@@](C)(C(=O)NCCN2CCCCC2)C1. The molecule has 2 saturated heterocycles. The summed E-state index contributed by atoms with van der Waals surface area (Å²) in [4.78, 5) is 16.8. The predicted molar refractivity (Wildman–Crippen MR) is 75.2 cm³/mol. The first-order valence-electron chi connectivity index (χ1n) is 7.43. The molecule has 2 fully saturated rings. The van der Waals surface area contributed by atoms with E-state index < -0.39 is 5.60 Å². The van der Waals surface area contributed by atoms with Crippen LogP contribution in [-0.4, -0.2) is 74.2 Å². The first-order valence-corrected chi connectivity index (χ1v) is 7.43. The zero-order chi connectivity index (χ0) is 13.7. The van der Waals surface area contributed by atoms with Gasteiger partial charge in [-0.15, -0.1) is 0 Å². The van der Waals surface area contributed by atoms with Gasteiger partial charge >= 0.3 is 0 Å². The number of nitrogens with zero attached hydrogens (tertiary/aromatic N) is 2. The maximum Gasteiger partial charge on any atom is 0.253 e. The van der Waals surface area contributed by atoms with Crippen LogP contribution in [0.3, 0.4) is 0 Å². The van der Waals surface area contributed by atoms with Crippen LogP contribution in [0.2, 0.25) is 0 Å². The van der Waals surface area contributed by atoms with Crippen LogP contribution in [-0.2, 0) is 9.53 Å². The molecule has 110 valence electrons. The van der Waals surface area contributed by atoms with E-state index in [2.05, 4.69) is 15.1 Å². The zero-order valence-corrected chi connectivity index (χ0v) is 12.3. The Morgan fingerprint density at radius 2 is 2.00 bits per heavy atom. The maximum atomic E-state index is 12.2. The Balaban J connectivity index is 1.71. The summed E-state index contributed by atoms with van der Waals surface area (Å²) in [6.07, 6.45) is 3.93. The molecule has 0 bridgehead atoms. The Hall–Kier alpha value is -0.650. The van der Waals surface area contributed by atoms with E-state index in [1.54, 1.807) is 0 Å². The fourth-order valence-corrected chi connectivity index (χ4v) is 2.90. The van der Waals surface area contributed by atoms with Gasteiger partial charge in [-0.3, -0.25) is 4.79 Å². The van der Waals surface area contributed by atoms with Crippen LogP contribution in [0, 0.1) is 0 Å². The van der Waals surface area contributed by atoms with E-state index in [9.17, 15) is 4.79 Å². The van der Waals surface area contributed by atoms with Crippen LogP contribution in [0.5, 0.6) is 0 Å². The molecule has 1 amide bonds. The average Bonchev–Trinajstić information content (AvgIpc) is 2.39. The number of piperidine rings is 1. The monoisotopic (exact) mass is 269 g/mol. The fourth-order valence-electron chi connectivity index (χ4n) is 2.90. The van der Waals surface area contributed by atoms with Crippen LogP contribution in [0.1, 0.15) is 26.2 Å². The number of hydrogen-bond donors (Lipinski definition) is 1. The summed E-state index contributed by atoms with van der Waals surface area (Å²) in [7, 11) is 2.03. The molecule has 1 N–H and O–H groups in total. The molecule has 5 heteroatoms. The Labute approximate surface area is 116 Å². The van der Waals surface area contributed by atoms with Gasteiger partial charge in [-0.1, -0.05) is 6.42 Å². The van der Waals surface area contributed by atoms with Crippen LogP contribution < -0.4 is 5.32 Å². The van der Waals surface area contributed by atoms with E-state index in [1.807, 2.05) is 14.0 Å². The number of rotatable bonds is 4. The molecule has 0 spiro atoms. The number of morpholine rings is 1. The molecule has 1 atom stereocenters. The van der Waals surface area contributed by atoms with Gasteiger partial charge in [-0.05, 0) is 39.9 Å². The van der Waals surface area contributed by atoms with Crippen molar-refractivity contribution in [1.29, 1.82) is 0 Å². The molecule has 2 aliphatic rings. The van der Waals surface area contributed by atoms with Crippen molar-refractivity contribution in [2.24, 2.45) is 0 Å². The lowest BCUT2D eigenvalue weighted by atomic mass is 10.0. The van der Waals surface area contributed by atoms with Crippen molar-refractivity contribution < 1.29 is 9.53 Å².